The molecule has 0 spiro atoms. The average Bonchev–Trinajstić information content (AvgIpc) is 2.39. The van der Waals surface area contributed by atoms with Gasteiger partial charge in [0.15, 0.2) is 5.96 Å². The van der Waals surface area contributed by atoms with Crippen molar-refractivity contribution in [3.63, 3.8) is 0 Å². The van der Waals surface area contributed by atoms with Gasteiger partial charge in [-0.25, -0.2) is 0 Å². The van der Waals surface area contributed by atoms with Gasteiger partial charge < -0.3 is 10.8 Å². The highest BCUT2D eigenvalue weighted by atomic mass is 16.2. The number of carbonyl (C=O) groups is 1. The largest absolute Gasteiger partial charge is 0.396 e. The Morgan fingerprint density at radius 1 is 1.22 bits per heavy atom. The maximum Gasteiger partial charge on any atom is 0.257 e. The van der Waals surface area contributed by atoms with Gasteiger partial charge in [-0.3, -0.25) is 15.1 Å². The van der Waals surface area contributed by atoms with Crippen LogP contribution in [0.4, 0.5) is 0 Å². The summed E-state index contributed by atoms with van der Waals surface area (Å²) in [7, 11) is 0. The summed E-state index contributed by atoms with van der Waals surface area (Å²) in [6, 6.07) is 8.84. The van der Waals surface area contributed by atoms with Crippen molar-refractivity contribution in [3.8, 4) is 0 Å². The van der Waals surface area contributed by atoms with Crippen molar-refractivity contribution < 1.29 is 9.90 Å². The third kappa shape index (κ3) is 5.45. The van der Waals surface area contributed by atoms with Crippen molar-refractivity contribution >= 4 is 11.9 Å². The maximum absolute atomic E-state index is 11.7. The first-order valence-corrected chi connectivity index (χ1v) is 6.01. The number of aliphatic hydroxyl groups is 1. The second-order valence-corrected chi connectivity index (χ2v) is 3.87. The SMILES string of the molecule is NC(=NCCCCCO)NC(=O)c1ccccc1. The molecule has 1 rings (SSSR count). The second kappa shape index (κ2) is 8.25. The molecule has 98 valence electrons. The van der Waals surface area contributed by atoms with Crippen molar-refractivity contribution in [2.75, 3.05) is 13.2 Å². The summed E-state index contributed by atoms with van der Waals surface area (Å²) in [5.41, 5.74) is 6.15. The van der Waals surface area contributed by atoms with E-state index >= 15 is 0 Å². The zero-order chi connectivity index (χ0) is 13.2. The molecule has 4 N–H and O–H groups in total. The van der Waals surface area contributed by atoms with E-state index in [-0.39, 0.29) is 18.5 Å². The van der Waals surface area contributed by atoms with E-state index in [1.807, 2.05) is 6.07 Å². The standard InChI is InChI=1S/C13H19N3O2/c14-13(15-9-5-2-6-10-17)16-12(18)11-7-3-1-4-8-11/h1,3-4,7-8,17H,2,5-6,9-10H2,(H3,14,15,16,18). The average molecular weight is 249 g/mol. The van der Waals surface area contributed by atoms with E-state index in [0.29, 0.717) is 12.1 Å². The number of benzene rings is 1. The zero-order valence-electron chi connectivity index (χ0n) is 10.3. The summed E-state index contributed by atoms with van der Waals surface area (Å²) in [6.07, 6.45) is 2.52. The van der Waals surface area contributed by atoms with Gasteiger partial charge in [-0.1, -0.05) is 18.2 Å². The molecule has 0 aliphatic rings. The molecule has 1 aromatic rings. The molecule has 0 aliphatic carbocycles. The van der Waals surface area contributed by atoms with Gasteiger partial charge in [0.2, 0.25) is 0 Å². The normalized spacial score (nSPS) is 11.3. The van der Waals surface area contributed by atoms with E-state index in [4.69, 9.17) is 10.8 Å². The van der Waals surface area contributed by atoms with E-state index in [1.165, 1.54) is 0 Å². The summed E-state index contributed by atoms with van der Waals surface area (Å²) < 4.78 is 0. The van der Waals surface area contributed by atoms with Crippen LogP contribution in [-0.4, -0.2) is 30.1 Å². The number of rotatable bonds is 6. The Balaban J connectivity index is 2.33. The minimum atomic E-state index is -0.257. The van der Waals surface area contributed by atoms with Crippen LogP contribution in [0.2, 0.25) is 0 Å². The molecular weight excluding hydrogens is 230 g/mol. The molecule has 0 heterocycles. The molecule has 0 aromatic heterocycles. The summed E-state index contributed by atoms with van der Waals surface area (Å²) >= 11 is 0. The second-order valence-electron chi connectivity index (χ2n) is 3.87. The summed E-state index contributed by atoms with van der Waals surface area (Å²) in [4.78, 5) is 15.7. The van der Waals surface area contributed by atoms with Gasteiger partial charge in [0.1, 0.15) is 0 Å². The summed E-state index contributed by atoms with van der Waals surface area (Å²) in [6.45, 7) is 0.755. The minimum Gasteiger partial charge on any atom is -0.396 e. The van der Waals surface area contributed by atoms with Crippen LogP contribution >= 0.6 is 0 Å². The Labute approximate surface area is 107 Å². The number of aliphatic imine (C=N–C) groups is 1. The Hall–Kier alpha value is -1.88. The van der Waals surface area contributed by atoms with Crippen LogP contribution in [-0.2, 0) is 0 Å². The van der Waals surface area contributed by atoms with E-state index < -0.39 is 0 Å². The first-order valence-electron chi connectivity index (χ1n) is 6.01. The third-order valence-corrected chi connectivity index (χ3v) is 2.38. The van der Waals surface area contributed by atoms with Crippen molar-refractivity contribution in [1.29, 1.82) is 0 Å². The fraction of sp³-hybridized carbons (Fsp3) is 0.385. The lowest BCUT2D eigenvalue weighted by Gasteiger charge is -2.04. The highest BCUT2D eigenvalue weighted by Gasteiger charge is 2.04. The lowest BCUT2D eigenvalue weighted by molar-refractivity contribution is 0.0976. The monoisotopic (exact) mass is 249 g/mol. The van der Waals surface area contributed by atoms with Crippen molar-refractivity contribution in [2.24, 2.45) is 10.7 Å². The van der Waals surface area contributed by atoms with Gasteiger partial charge in [0.05, 0.1) is 0 Å². The van der Waals surface area contributed by atoms with Gasteiger partial charge in [-0.2, -0.15) is 0 Å². The molecule has 0 unspecified atom stereocenters. The number of nitrogens with zero attached hydrogens (tertiary/aromatic N) is 1. The molecule has 0 radical (unpaired) electrons. The molecule has 0 atom stereocenters. The Bertz CT molecular complexity index is 390. The van der Waals surface area contributed by atoms with Gasteiger partial charge in [0, 0.05) is 18.7 Å². The Morgan fingerprint density at radius 2 is 1.94 bits per heavy atom. The molecule has 1 aromatic carbocycles. The number of aliphatic hydroxyl groups excluding tert-OH is 1. The summed E-state index contributed by atoms with van der Waals surface area (Å²) in [5.74, 6) is -0.125. The third-order valence-electron chi connectivity index (χ3n) is 2.38. The number of hydrogen-bond donors (Lipinski definition) is 3. The molecular formula is C13H19N3O2. The van der Waals surface area contributed by atoms with Crippen LogP contribution in [0, 0.1) is 0 Å². The van der Waals surface area contributed by atoms with Crippen LogP contribution < -0.4 is 11.1 Å². The van der Waals surface area contributed by atoms with Crippen LogP contribution in [0.15, 0.2) is 35.3 Å². The fourth-order valence-electron chi connectivity index (χ4n) is 1.42. The molecule has 1 amide bonds. The Kier molecular flexibility index (Phi) is 6.50. The van der Waals surface area contributed by atoms with E-state index in [1.54, 1.807) is 24.3 Å². The molecule has 18 heavy (non-hydrogen) atoms. The lowest BCUT2D eigenvalue weighted by Crippen LogP contribution is -2.36. The molecule has 5 heteroatoms. The van der Waals surface area contributed by atoms with Gasteiger partial charge in [-0.05, 0) is 31.4 Å². The number of nitrogens with two attached hydrogens (primary N) is 1. The molecule has 0 aliphatic heterocycles. The lowest BCUT2D eigenvalue weighted by atomic mass is 10.2. The number of amides is 1. The number of unbranched alkanes of at least 4 members (excludes halogenated alkanes) is 2. The molecule has 0 fully saturated rings. The van der Waals surface area contributed by atoms with E-state index in [9.17, 15) is 4.79 Å². The molecule has 5 nitrogen and oxygen atoms in total. The smallest absolute Gasteiger partial charge is 0.257 e. The van der Waals surface area contributed by atoms with Gasteiger partial charge in [0.25, 0.3) is 5.91 Å². The first-order chi connectivity index (χ1) is 8.74. The van der Waals surface area contributed by atoms with Crippen LogP contribution in [0.1, 0.15) is 29.6 Å². The quantitative estimate of drug-likeness (QED) is 0.397. The number of guanidine groups is 1. The fourth-order valence-corrected chi connectivity index (χ4v) is 1.42. The predicted octanol–water partition coefficient (Wildman–Crippen LogP) is 0.894. The van der Waals surface area contributed by atoms with Crippen LogP contribution in [0.25, 0.3) is 0 Å². The summed E-state index contributed by atoms with van der Waals surface area (Å²) in [5, 5.41) is 11.1. The maximum atomic E-state index is 11.7. The molecule has 0 saturated carbocycles. The first kappa shape index (κ1) is 14.2. The zero-order valence-corrected chi connectivity index (χ0v) is 10.3. The molecule has 0 bridgehead atoms. The van der Waals surface area contributed by atoms with E-state index in [0.717, 1.165) is 19.3 Å². The van der Waals surface area contributed by atoms with Crippen molar-refractivity contribution in [2.45, 2.75) is 19.3 Å². The number of carbonyl (C=O) groups excluding carboxylic acids is 1. The van der Waals surface area contributed by atoms with Crippen LogP contribution in [0.3, 0.4) is 0 Å². The predicted molar refractivity (Wildman–Crippen MR) is 71.3 cm³/mol. The van der Waals surface area contributed by atoms with Gasteiger partial charge >= 0.3 is 0 Å². The number of nitrogens with one attached hydrogen (secondary N) is 1. The van der Waals surface area contributed by atoms with Crippen LogP contribution in [0.5, 0.6) is 0 Å². The van der Waals surface area contributed by atoms with Gasteiger partial charge in [-0.15, -0.1) is 0 Å². The highest BCUT2D eigenvalue weighted by molar-refractivity contribution is 6.05. The van der Waals surface area contributed by atoms with Crippen molar-refractivity contribution in [1.82, 2.24) is 5.32 Å². The minimum absolute atomic E-state index is 0.132. The highest BCUT2D eigenvalue weighted by Crippen LogP contribution is 1.97. The Morgan fingerprint density at radius 3 is 2.61 bits per heavy atom. The van der Waals surface area contributed by atoms with E-state index in [2.05, 4.69) is 10.3 Å². The van der Waals surface area contributed by atoms with Crippen molar-refractivity contribution in [3.05, 3.63) is 35.9 Å². The molecule has 0 saturated heterocycles. The number of hydrogen-bond acceptors (Lipinski definition) is 3. The topological polar surface area (TPSA) is 87.7 Å².